The monoisotopic (exact) mass is 299 g/mol. The zero-order valence-electron chi connectivity index (χ0n) is 12.0. The quantitative estimate of drug-likeness (QED) is 0.806. The molecule has 112 valence electrons. The number of nitrogens with one attached hydrogen (secondary N) is 1. The average molecular weight is 299 g/mol. The van der Waals surface area contributed by atoms with Crippen molar-refractivity contribution >= 4 is 15.9 Å². The van der Waals surface area contributed by atoms with Crippen LogP contribution in [-0.4, -0.2) is 42.5 Å². The van der Waals surface area contributed by atoms with E-state index in [1.165, 1.54) is 0 Å². The summed E-state index contributed by atoms with van der Waals surface area (Å²) in [5, 5.41) is 2.76. The summed E-state index contributed by atoms with van der Waals surface area (Å²) in [6.45, 7) is 3.79. The van der Waals surface area contributed by atoms with Crippen LogP contribution in [0.5, 0.6) is 0 Å². The number of aromatic nitrogens is 1. The van der Waals surface area contributed by atoms with Gasteiger partial charge in [-0.2, -0.15) is 4.31 Å². The van der Waals surface area contributed by atoms with Gasteiger partial charge in [-0.15, -0.1) is 0 Å². The van der Waals surface area contributed by atoms with Crippen LogP contribution in [0.2, 0.25) is 0 Å². The number of amides is 1. The number of pyridine rings is 1. The van der Waals surface area contributed by atoms with E-state index in [2.05, 4.69) is 10.3 Å². The maximum absolute atomic E-state index is 11.8. The van der Waals surface area contributed by atoms with Gasteiger partial charge in [-0.05, 0) is 25.0 Å². The molecule has 0 radical (unpaired) electrons. The molecule has 0 fully saturated rings. The van der Waals surface area contributed by atoms with E-state index < -0.39 is 10.0 Å². The first-order chi connectivity index (χ1) is 9.32. The number of carbonyl (C=O) groups excluding carboxylic acids is 1. The second-order valence-electron chi connectivity index (χ2n) is 4.77. The summed E-state index contributed by atoms with van der Waals surface area (Å²) in [5.41, 5.74) is 0.745. The van der Waals surface area contributed by atoms with E-state index in [4.69, 9.17) is 0 Å². The van der Waals surface area contributed by atoms with E-state index in [9.17, 15) is 13.2 Å². The minimum absolute atomic E-state index is 0.0299. The van der Waals surface area contributed by atoms with E-state index in [-0.39, 0.29) is 25.0 Å². The van der Waals surface area contributed by atoms with Gasteiger partial charge in [-0.25, -0.2) is 8.42 Å². The van der Waals surface area contributed by atoms with Gasteiger partial charge >= 0.3 is 0 Å². The molecular formula is C13H21N3O3S. The van der Waals surface area contributed by atoms with Crippen LogP contribution in [0, 0.1) is 0 Å². The number of rotatable bonds is 7. The number of hydrogen-bond acceptors (Lipinski definition) is 4. The summed E-state index contributed by atoms with van der Waals surface area (Å²) in [6.07, 6.45) is 5.10. The summed E-state index contributed by atoms with van der Waals surface area (Å²) in [5.74, 6) is -0.298. The molecule has 1 unspecified atom stereocenters. The molecular weight excluding hydrogens is 278 g/mol. The predicted molar refractivity (Wildman–Crippen MR) is 77.4 cm³/mol. The van der Waals surface area contributed by atoms with E-state index in [0.29, 0.717) is 0 Å². The Morgan fingerprint density at radius 3 is 2.70 bits per heavy atom. The topological polar surface area (TPSA) is 79.4 Å². The molecule has 1 amide bonds. The third-order valence-corrected chi connectivity index (χ3v) is 4.09. The van der Waals surface area contributed by atoms with Crippen molar-refractivity contribution < 1.29 is 13.2 Å². The smallest absolute Gasteiger partial charge is 0.235 e. The summed E-state index contributed by atoms with van der Waals surface area (Å²) in [4.78, 5) is 15.8. The standard InChI is InChI=1S/C13H21N3O3S/c1-4-11(2)15-13(17)10-16(20(3,18)19)9-12-6-5-7-14-8-12/h5-8,11H,4,9-10H2,1-3H3,(H,15,17). The first-order valence-electron chi connectivity index (χ1n) is 6.46. The van der Waals surface area contributed by atoms with Crippen LogP contribution < -0.4 is 5.32 Å². The summed E-state index contributed by atoms with van der Waals surface area (Å²) < 4.78 is 24.6. The van der Waals surface area contributed by atoms with Gasteiger partial charge in [0.1, 0.15) is 0 Å². The van der Waals surface area contributed by atoms with E-state index >= 15 is 0 Å². The van der Waals surface area contributed by atoms with Crippen molar-refractivity contribution in [3.05, 3.63) is 30.1 Å². The largest absolute Gasteiger partial charge is 0.353 e. The maximum atomic E-state index is 11.8. The van der Waals surface area contributed by atoms with Crippen molar-refractivity contribution in [2.75, 3.05) is 12.8 Å². The van der Waals surface area contributed by atoms with Crippen molar-refractivity contribution in [1.82, 2.24) is 14.6 Å². The molecule has 20 heavy (non-hydrogen) atoms. The van der Waals surface area contributed by atoms with Crippen LogP contribution in [0.4, 0.5) is 0 Å². The first kappa shape index (κ1) is 16.6. The Bertz CT molecular complexity index is 531. The van der Waals surface area contributed by atoms with Crippen LogP contribution in [0.25, 0.3) is 0 Å². The van der Waals surface area contributed by atoms with Crippen molar-refractivity contribution in [3.8, 4) is 0 Å². The fourth-order valence-electron chi connectivity index (χ4n) is 1.57. The Morgan fingerprint density at radius 2 is 2.20 bits per heavy atom. The molecule has 0 aliphatic carbocycles. The van der Waals surface area contributed by atoms with Gasteiger partial charge in [0.25, 0.3) is 0 Å². The van der Waals surface area contributed by atoms with Crippen LogP contribution in [-0.2, 0) is 21.4 Å². The Hall–Kier alpha value is -1.47. The fraction of sp³-hybridized carbons (Fsp3) is 0.538. The molecule has 0 saturated heterocycles. The summed E-state index contributed by atoms with van der Waals surface area (Å²) in [7, 11) is -3.46. The molecule has 1 atom stereocenters. The number of carbonyl (C=O) groups is 1. The van der Waals surface area contributed by atoms with E-state index in [1.807, 2.05) is 13.8 Å². The number of nitrogens with zero attached hydrogens (tertiary/aromatic N) is 2. The first-order valence-corrected chi connectivity index (χ1v) is 8.31. The lowest BCUT2D eigenvalue weighted by Gasteiger charge is -2.20. The van der Waals surface area contributed by atoms with Crippen molar-refractivity contribution in [2.45, 2.75) is 32.9 Å². The second kappa shape index (κ2) is 7.35. The highest BCUT2D eigenvalue weighted by Gasteiger charge is 2.21. The van der Waals surface area contributed by atoms with Crippen LogP contribution in [0.15, 0.2) is 24.5 Å². The molecule has 1 heterocycles. The normalized spacial score (nSPS) is 13.2. The molecule has 0 aliphatic heterocycles. The Balaban J connectivity index is 2.74. The molecule has 0 aliphatic rings. The summed E-state index contributed by atoms with van der Waals surface area (Å²) >= 11 is 0. The van der Waals surface area contributed by atoms with Gasteiger partial charge < -0.3 is 5.32 Å². The third kappa shape index (κ3) is 5.66. The molecule has 7 heteroatoms. The highest BCUT2D eigenvalue weighted by atomic mass is 32.2. The van der Waals surface area contributed by atoms with Gasteiger partial charge in [0.15, 0.2) is 0 Å². The van der Waals surface area contributed by atoms with E-state index in [1.54, 1.807) is 24.5 Å². The summed E-state index contributed by atoms with van der Waals surface area (Å²) in [6, 6.07) is 3.54. The Labute approximate surface area is 120 Å². The van der Waals surface area contributed by atoms with Crippen LogP contribution in [0.1, 0.15) is 25.8 Å². The van der Waals surface area contributed by atoms with Crippen molar-refractivity contribution in [1.29, 1.82) is 0 Å². The molecule has 1 aromatic rings. The fourth-order valence-corrected chi connectivity index (χ4v) is 2.30. The molecule has 1 aromatic heterocycles. The lowest BCUT2D eigenvalue weighted by molar-refractivity contribution is -0.122. The zero-order chi connectivity index (χ0) is 15.2. The lowest BCUT2D eigenvalue weighted by Crippen LogP contribution is -2.42. The Morgan fingerprint density at radius 1 is 1.50 bits per heavy atom. The molecule has 6 nitrogen and oxygen atoms in total. The minimum atomic E-state index is -3.46. The third-order valence-electron chi connectivity index (χ3n) is 2.89. The highest BCUT2D eigenvalue weighted by molar-refractivity contribution is 7.88. The minimum Gasteiger partial charge on any atom is -0.353 e. The number of hydrogen-bond donors (Lipinski definition) is 1. The van der Waals surface area contributed by atoms with Crippen molar-refractivity contribution in [2.24, 2.45) is 0 Å². The zero-order valence-corrected chi connectivity index (χ0v) is 12.9. The van der Waals surface area contributed by atoms with Gasteiger partial charge in [0.05, 0.1) is 12.8 Å². The second-order valence-corrected chi connectivity index (χ2v) is 6.75. The molecule has 0 saturated carbocycles. The van der Waals surface area contributed by atoms with Crippen LogP contribution >= 0.6 is 0 Å². The molecule has 0 spiro atoms. The molecule has 1 N–H and O–H groups in total. The van der Waals surface area contributed by atoms with Gasteiger partial charge in [0.2, 0.25) is 15.9 Å². The molecule has 1 rings (SSSR count). The Kier molecular flexibility index (Phi) is 6.09. The maximum Gasteiger partial charge on any atom is 0.235 e. The SMILES string of the molecule is CCC(C)NC(=O)CN(Cc1cccnc1)S(C)(=O)=O. The van der Waals surface area contributed by atoms with Crippen molar-refractivity contribution in [3.63, 3.8) is 0 Å². The average Bonchev–Trinajstić information content (AvgIpc) is 2.38. The lowest BCUT2D eigenvalue weighted by atomic mass is 10.2. The van der Waals surface area contributed by atoms with Gasteiger partial charge in [-0.3, -0.25) is 9.78 Å². The van der Waals surface area contributed by atoms with E-state index in [0.717, 1.165) is 22.5 Å². The molecule has 0 aromatic carbocycles. The molecule has 0 bridgehead atoms. The van der Waals surface area contributed by atoms with Crippen LogP contribution in [0.3, 0.4) is 0 Å². The highest BCUT2D eigenvalue weighted by Crippen LogP contribution is 2.07. The predicted octanol–water partition coefficient (Wildman–Crippen LogP) is 0.758. The number of sulfonamides is 1. The van der Waals surface area contributed by atoms with Gasteiger partial charge in [-0.1, -0.05) is 13.0 Å². The van der Waals surface area contributed by atoms with Gasteiger partial charge in [0, 0.05) is 25.0 Å².